The molecule has 0 bridgehead atoms. The van der Waals surface area contributed by atoms with Crippen LogP contribution < -0.4 is 0 Å². The summed E-state index contributed by atoms with van der Waals surface area (Å²) >= 11 is 5.94. The van der Waals surface area contributed by atoms with Gasteiger partial charge < -0.3 is 0 Å². The molecule has 0 N–H and O–H groups in total. The normalized spacial score (nSPS) is 10.5. The molecule has 2 rings (SSSR count). The summed E-state index contributed by atoms with van der Waals surface area (Å²) in [6.45, 7) is 3.38. The molecule has 114 valence electrons. The van der Waals surface area contributed by atoms with Gasteiger partial charge in [-0.1, -0.05) is 23.7 Å². The SMILES string of the molecule is CC(=O)C(=O)CC(=O)c1cnn(Cc2cccc(Cl)c2)c1C. The minimum absolute atomic E-state index is 0.358. The number of Topliss-reactive ketones (excluding diaryl/α,β-unsaturated/α-hetero) is 3. The average molecular weight is 319 g/mol. The standard InChI is InChI=1S/C16H15ClN2O3/c1-10-14(16(22)7-15(21)11(2)20)8-18-19(10)9-12-4-3-5-13(17)6-12/h3-6,8H,7,9H2,1-2H3. The maximum atomic E-state index is 12.1. The Morgan fingerprint density at radius 2 is 2.00 bits per heavy atom. The van der Waals surface area contributed by atoms with Crippen LogP contribution in [0.5, 0.6) is 0 Å². The summed E-state index contributed by atoms with van der Waals surface area (Å²) in [6.07, 6.45) is 1.01. The Labute approximate surface area is 132 Å². The lowest BCUT2D eigenvalue weighted by Gasteiger charge is -2.06. The van der Waals surface area contributed by atoms with Gasteiger partial charge >= 0.3 is 0 Å². The van der Waals surface area contributed by atoms with Crippen LogP contribution in [0.3, 0.4) is 0 Å². The van der Waals surface area contributed by atoms with Crippen LogP contribution in [0.1, 0.15) is 35.0 Å². The quantitative estimate of drug-likeness (QED) is 0.466. The van der Waals surface area contributed by atoms with Crippen LogP contribution in [-0.2, 0) is 16.1 Å². The maximum Gasteiger partial charge on any atom is 0.205 e. The molecule has 0 atom stereocenters. The largest absolute Gasteiger partial charge is 0.294 e. The van der Waals surface area contributed by atoms with Gasteiger partial charge in [-0.25, -0.2) is 0 Å². The number of benzene rings is 1. The van der Waals surface area contributed by atoms with Crippen molar-refractivity contribution in [2.24, 2.45) is 0 Å². The van der Waals surface area contributed by atoms with Crippen LogP contribution in [0.2, 0.25) is 5.02 Å². The van der Waals surface area contributed by atoms with Crippen LogP contribution in [-0.4, -0.2) is 27.1 Å². The molecule has 1 aromatic heterocycles. The molecule has 5 nitrogen and oxygen atoms in total. The van der Waals surface area contributed by atoms with E-state index in [1.807, 2.05) is 18.2 Å². The van der Waals surface area contributed by atoms with E-state index in [0.29, 0.717) is 22.8 Å². The number of carbonyl (C=O) groups is 3. The van der Waals surface area contributed by atoms with Gasteiger partial charge in [-0.2, -0.15) is 5.10 Å². The third-order valence-electron chi connectivity index (χ3n) is 3.34. The van der Waals surface area contributed by atoms with Crippen molar-refractivity contribution in [3.63, 3.8) is 0 Å². The molecule has 0 unspecified atom stereocenters. The minimum atomic E-state index is -0.688. The lowest BCUT2D eigenvalue weighted by Crippen LogP contribution is -2.15. The van der Waals surface area contributed by atoms with Crippen molar-refractivity contribution < 1.29 is 14.4 Å². The van der Waals surface area contributed by atoms with Gasteiger partial charge in [0.05, 0.1) is 24.7 Å². The maximum absolute atomic E-state index is 12.1. The van der Waals surface area contributed by atoms with E-state index < -0.39 is 23.8 Å². The fraction of sp³-hybridized carbons (Fsp3) is 0.250. The molecule has 0 fully saturated rings. The van der Waals surface area contributed by atoms with E-state index in [4.69, 9.17) is 11.6 Å². The van der Waals surface area contributed by atoms with Crippen molar-refractivity contribution in [2.45, 2.75) is 26.8 Å². The van der Waals surface area contributed by atoms with Crippen molar-refractivity contribution in [2.75, 3.05) is 0 Å². The third kappa shape index (κ3) is 3.68. The van der Waals surface area contributed by atoms with Gasteiger partial charge in [-0.15, -0.1) is 0 Å². The molecule has 0 saturated carbocycles. The fourth-order valence-corrected chi connectivity index (χ4v) is 2.27. The van der Waals surface area contributed by atoms with Crippen LogP contribution in [0.15, 0.2) is 30.5 Å². The second-order valence-electron chi connectivity index (χ2n) is 5.01. The first-order valence-electron chi connectivity index (χ1n) is 6.72. The topological polar surface area (TPSA) is 69.0 Å². The van der Waals surface area contributed by atoms with Gasteiger partial charge in [0, 0.05) is 17.6 Å². The smallest absolute Gasteiger partial charge is 0.205 e. The van der Waals surface area contributed by atoms with Gasteiger partial charge in [0.2, 0.25) is 5.78 Å². The molecule has 0 aliphatic rings. The lowest BCUT2D eigenvalue weighted by atomic mass is 10.1. The highest BCUT2D eigenvalue weighted by Gasteiger charge is 2.19. The van der Waals surface area contributed by atoms with E-state index in [0.717, 1.165) is 12.5 Å². The number of aromatic nitrogens is 2. The Morgan fingerprint density at radius 3 is 2.64 bits per heavy atom. The third-order valence-corrected chi connectivity index (χ3v) is 3.57. The zero-order valence-corrected chi connectivity index (χ0v) is 13.1. The van der Waals surface area contributed by atoms with E-state index in [9.17, 15) is 14.4 Å². The van der Waals surface area contributed by atoms with Crippen LogP contribution in [0.25, 0.3) is 0 Å². The van der Waals surface area contributed by atoms with Crippen LogP contribution in [0.4, 0.5) is 0 Å². The molecule has 6 heteroatoms. The van der Waals surface area contributed by atoms with Crippen molar-refractivity contribution >= 4 is 29.0 Å². The summed E-state index contributed by atoms with van der Waals surface area (Å²) < 4.78 is 1.66. The van der Waals surface area contributed by atoms with Gasteiger partial charge in [0.25, 0.3) is 0 Å². The zero-order valence-electron chi connectivity index (χ0n) is 12.3. The van der Waals surface area contributed by atoms with Crippen LogP contribution >= 0.6 is 11.6 Å². The molecule has 1 heterocycles. The van der Waals surface area contributed by atoms with Gasteiger partial charge in [-0.3, -0.25) is 19.1 Å². The van der Waals surface area contributed by atoms with E-state index >= 15 is 0 Å². The van der Waals surface area contributed by atoms with Crippen molar-refractivity contribution in [3.05, 3.63) is 52.3 Å². The van der Waals surface area contributed by atoms with Gasteiger partial charge in [-0.05, 0) is 24.6 Å². The molecule has 1 aromatic carbocycles. The lowest BCUT2D eigenvalue weighted by molar-refractivity contribution is -0.134. The number of carbonyl (C=O) groups excluding carboxylic acids is 3. The highest BCUT2D eigenvalue weighted by atomic mass is 35.5. The minimum Gasteiger partial charge on any atom is -0.294 e. The van der Waals surface area contributed by atoms with Gasteiger partial charge in [0.1, 0.15) is 0 Å². The Hall–Kier alpha value is -2.27. The first kappa shape index (κ1) is 16.1. The van der Waals surface area contributed by atoms with Gasteiger partial charge in [0.15, 0.2) is 11.6 Å². The van der Waals surface area contributed by atoms with Crippen molar-refractivity contribution in [3.8, 4) is 0 Å². The predicted molar refractivity (Wildman–Crippen MR) is 82.2 cm³/mol. The predicted octanol–water partition coefficient (Wildman–Crippen LogP) is 2.62. The number of hydrogen-bond acceptors (Lipinski definition) is 4. The Kier molecular flexibility index (Phi) is 4.88. The summed E-state index contributed by atoms with van der Waals surface area (Å²) in [5.74, 6) is -1.70. The first-order chi connectivity index (χ1) is 10.4. The molecule has 2 aromatic rings. The molecule has 0 amide bonds. The molecular formula is C16H15ClN2O3. The molecule has 0 spiro atoms. The second-order valence-corrected chi connectivity index (χ2v) is 5.45. The zero-order chi connectivity index (χ0) is 16.3. The van der Waals surface area contributed by atoms with E-state index in [1.54, 1.807) is 17.7 Å². The highest BCUT2D eigenvalue weighted by Crippen LogP contribution is 2.15. The molecule has 0 radical (unpaired) electrons. The number of hydrogen-bond donors (Lipinski definition) is 0. The number of nitrogens with zero attached hydrogens (tertiary/aromatic N) is 2. The Bertz CT molecular complexity index is 750. The Balaban J connectivity index is 2.17. The van der Waals surface area contributed by atoms with Crippen molar-refractivity contribution in [1.29, 1.82) is 0 Å². The molecule has 0 aliphatic heterocycles. The number of halogens is 1. The molecule has 0 saturated heterocycles. The number of ketones is 3. The van der Waals surface area contributed by atoms with E-state index in [-0.39, 0.29) is 0 Å². The number of rotatable bonds is 6. The monoisotopic (exact) mass is 318 g/mol. The summed E-state index contributed by atoms with van der Waals surface area (Å²) in [6, 6.07) is 7.36. The average Bonchev–Trinajstić information content (AvgIpc) is 2.80. The van der Waals surface area contributed by atoms with E-state index in [1.165, 1.54) is 6.20 Å². The molecule has 0 aliphatic carbocycles. The van der Waals surface area contributed by atoms with E-state index in [2.05, 4.69) is 5.10 Å². The highest BCUT2D eigenvalue weighted by molar-refractivity contribution is 6.40. The fourth-order valence-electron chi connectivity index (χ4n) is 2.05. The summed E-state index contributed by atoms with van der Waals surface area (Å²) in [7, 11) is 0. The summed E-state index contributed by atoms with van der Waals surface area (Å²) in [5, 5.41) is 4.80. The summed E-state index contributed by atoms with van der Waals surface area (Å²) in [5.41, 5.74) is 1.97. The molecule has 22 heavy (non-hydrogen) atoms. The van der Waals surface area contributed by atoms with Crippen molar-refractivity contribution in [1.82, 2.24) is 9.78 Å². The molecular weight excluding hydrogens is 304 g/mol. The van der Waals surface area contributed by atoms with Crippen LogP contribution in [0, 0.1) is 6.92 Å². The Morgan fingerprint density at radius 1 is 1.27 bits per heavy atom. The second kappa shape index (κ2) is 6.66. The summed E-state index contributed by atoms with van der Waals surface area (Å²) in [4.78, 5) is 34.4. The first-order valence-corrected chi connectivity index (χ1v) is 7.10.